The Morgan fingerprint density at radius 2 is 2.33 bits per heavy atom. The smallest absolute Gasteiger partial charge is 0.0960 e. The quantitative estimate of drug-likeness (QED) is 0.447. The fourth-order valence-corrected chi connectivity index (χ4v) is 0.478. The minimum atomic E-state index is 0.380. The Bertz CT molecular complexity index is 53.5. The molecule has 2 N–H and O–H groups in total. The van der Waals surface area contributed by atoms with Crippen molar-refractivity contribution in [1.82, 2.24) is 0 Å². The summed E-state index contributed by atoms with van der Waals surface area (Å²) in [6.07, 6.45) is 0.819. The Balaban J connectivity index is 2.09. The van der Waals surface area contributed by atoms with E-state index in [1.807, 2.05) is 6.92 Å². The molecule has 0 amide bonds. The minimum absolute atomic E-state index is 0.380. The van der Waals surface area contributed by atoms with Crippen molar-refractivity contribution in [2.45, 2.75) is 19.1 Å². The molecule has 0 aromatic heterocycles. The van der Waals surface area contributed by atoms with E-state index in [2.05, 4.69) is 0 Å². The minimum Gasteiger partial charge on any atom is -0.369 e. The van der Waals surface area contributed by atoms with Gasteiger partial charge < -0.3 is 10.5 Å². The van der Waals surface area contributed by atoms with Gasteiger partial charge >= 0.3 is 0 Å². The van der Waals surface area contributed by atoms with Crippen LogP contribution in [0.15, 0.2) is 0 Å². The zero-order valence-electron chi connectivity index (χ0n) is 3.85. The molecule has 1 saturated heterocycles. The number of hydrogen-bond acceptors (Lipinski definition) is 2. The van der Waals surface area contributed by atoms with Crippen LogP contribution in [-0.2, 0) is 4.74 Å². The molecule has 1 rings (SSSR count). The molecule has 6 heavy (non-hydrogen) atoms. The van der Waals surface area contributed by atoms with Crippen molar-refractivity contribution in [3.63, 3.8) is 0 Å². The summed E-state index contributed by atoms with van der Waals surface area (Å²) in [5.41, 5.74) is 5.20. The van der Waals surface area contributed by atoms with Crippen molar-refractivity contribution in [1.29, 1.82) is 0 Å². The molecule has 1 heterocycles. The monoisotopic (exact) mass is 87.1 g/mol. The van der Waals surface area contributed by atoms with Gasteiger partial charge in [0.1, 0.15) is 0 Å². The zero-order valence-corrected chi connectivity index (χ0v) is 3.85. The maximum Gasteiger partial charge on any atom is 0.0960 e. The van der Waals surface area contributed by atoms with Crippen molar-refractivity contribution in [2.24, 2.45) is 5.73 Å². The van der Waals surface area contributed by atoms with E-state index >= 15 is 0 Å². The summed E-state index contributed by atoms with van der Waals surface area (Å²) in [6.45, 7) is 2.71. The highest BCUT2D eigenvalue weighted by Gasteiger charge is 2.31. The van der Waals surface area contributed by atoms with Gasteiger partial charge in [-0.05, 0) is 6.92 Å². The molecule has 0 saturated carbocycles. The van der Waals surface area contributed by atoms with Crippen LogP contribution in [0.3, 0.4) is 0 Å². The molecule has 0 aromatic carbocycles. The third kappa shape index (κ3) is 0.533. The van der Waals surface area contributed by atoms with Crippen LogP contribution in [-0.4, -0.2) is 18.8 Å². The molecule has 0 aliphatic carbocycles. The summed E-state index contributed by atoms with van der Waals surface area (Å²) < 4.78 is 4.94. The second-order valence-electron chi connectivity index (χ2n) is 1.62. The van der Waals surface area contributed by atoms with Gasteiger partial charge in [-0.2, -0.15) is 0 Å². The molecule has 0 bridgehead atoms. The Labute approximate surface area is 37.3 Å². The first-order valence-electron chi connectivity index (χ1n) is 2.20. The molecule has 0 spiro atoms. The molecule has 0 radical (unpaired) electrons. The molecule has 0 unspecified atom stereocenters. The summed E-state index contributed by atoms with van der Waals surface area (Å²) in [5.74, 6) is 0. The second kappa shape index (κ2) is 1.21. The van der Waals surface area contributed by atoms with Crippen molar-refractivity contribution in [3.05, 3.63) is 0 Å². The maximum absolute atomic E-state index is 5.20. The molecule has 1 aliphatic rings. The van der Waals surface area contributed by atoms with E-state index in [4.69, 9.17) is 10.5 Å². The van der Waals surface area contributed by atoms with Gasteiger partial charge in [-0.25, -0.2) is 0 Å². The first-order chi connectivity index (χ1) is 2.84. The third-order valence-electron chi connectivity index (χ3n) is 1.07. The fourth-order valence-electron chi connectivity index (χ4n) is 0.478. The first-order valence-corrected chi connectivity index (χ1v) is 2.20. The molecular formula is C4H9NO. The standard InChI is InChI=1S/C4H9NO/c1-3-4(2-5)6-3/h3-4H,2,5H2,1H3/t3-,4-/m0/s1. The Morgan fingerprint density at radius 1 is 1.83 bits per heavy atom. The van der Waals surface area contributed by atoms with E-state index in [0.717, 1.165) is 0 Å². The van der Waals surface area contributed by atoms with Crippen molar-refractivity contribution < 1.29 is 4.74 Å². The van der Waals surface area contributed by atoms with Crippen LogP contribution in [0.1, 0.15) is 6.92 Å². The number of ether oxygens (including phenoxy) is 1. The lowest BCUT2D eigenvalue weighted by atomic mass is 10.3. The average Bonchev–Trinajstić information content (AvgIpc) is 2.19. The van der Waals surface area contributed by atoms with Crippen LogP contribution in [0, 0.1) is 0 Å². The van der Waals surface area contributed by atoms with Gasteiger partial charge in [-0.15, -0.1) is 0 Å². The zero-order chi connectivity index (χ0) is 4.57. The lowest BCUT2D eigenvalue weighted by Crippen LogP contribution is -2.07. The van der Waals surface area contributed by atoms with Crippen LogP contribution >= 0.6 is 0 Å². The molecule has 0 aromatic rings. The van der Waals surface area contributed by atoms with Crippen LogP contribution in [0.5, 0.6) is 0 Å². The molecular weight excluding hydrogens is 78.0 g/mol. The van der Waals surface area contributed by atoms with Crippen LogP contribution in [0.4, 0.5) is 0 Å². The van der Waals surface area contributed by atoms with Gasteiger partial charge in [0.25, 0.3) is 0 Å². The van der Waals surface area contributed by atoms with E-state index in [1.165, 1.54) is 0 Å². The maximum atomic E-state index is 5.20. The Kier molecular flexibility index (Phi) is 0.821. The van der Waals surface area contributed by atoms with E-state index in [1.54, 1.807) is 0 Å². The first kappa shape index (κ1) is 4.09. The highest BCUT2D eigenvalue weighted by atomic mass is 16.6. The molecule has 2 heteroatoms. The van der Waals surface area contributed by atoms with Crippen LogP contribution < -0.4 is 5.73 Å². The summed E-state index contributed by atoms with van der Waals surface area (Å²) in [6, 6.07) is 0. The Hall–Kier alpha value is -0.0800. The lowest BCUT2D eigenvalue weighted by molar-refractivity contribution is 0.381. The molecule has 2 atom stereocenters. The van der Waals surface area contributed by atoms with E-state index < -0.39 is 0 Å². The lowest BCUT2D eigenvalue weighted by Gasteiger charge is -1.73. The van der Waals surface area contributed by atoms with Gasteiger partial charge in [-0.1, -0.05) is 0 Å². The van der Waals surface area contributed by atoms with Gasteiger partial charge in [0.05, 0.1) is 12.2 Å². The van der Waals surface area contributed by atoms with E-state index in [-0.39, 0.29) is 0 Å². The van der Waals surface area contributed by atoms with Crippen molar-refractivity contribution in [2.75, 3.05) is 6.54 Å². The van der Waals surface area contributed by atoms with E-state index in [0.29, 0.717) is 18.8 Å². The SMILES string of the molecule is C[C@@H]1O[C@H]1CN. The fraction of sp³-hybridized carbons (Fsp3) is 1.00. The topological polar surface area (TPSA) is 38.5 Å². The van der Waals surface area contributed by atoms with Crippen LogP contribution in [0.2, 0.25) is 0 Å². The number of rotatable bonds is 1. The Morgan fingerprint density at radius 3 is 2.33 bits per heavy atom. The van der Waals surface area contributed by atoms with Crippen molar-refractivity contribution >= 4 is 0 Å². The number of epoxide rings is 1. The normalized spacial score (nSPS) is 43.0. The molecule has 2 nitrogen and oxygen atoms in total. The molecule has 1 fully saturated rings. The van der Waals surface area contributed by atoms with Gasteiger partial charge in [0.2, 0.25) is 0 Å². The number of nitrogens with two attached hydrogens (primary N) is 1. The second-order valence-corrected chi connectivity index (χ2v) is 1.62. The molecule has 36 valence electrons. The largest absolute Gasteiger partial charge is 0.369 e. The average molecular weight is 87.1 g/mol. The van der Waals surface area contributed by atoms with E-state index in [9.17, 15) is 0 Å². The summed E-state index contributed by atoms with van der Waals surface area (Å²) in [7, 11) is 0. The number of hydrogen-bond donors (Lipinski definition) is 1. The van der Waals surface area contributed by atoms with Gasteiger partial charge in [0.15, 0.2) is 0 Å². The molecule has 1 aliphatic heterocycles. The van der Waals surface area contributed by atoms with Gasteiger partial charge in [0, 0.05) is 6.54 Å². The predicted molar refractivity (Wildman–Crippen MR) is 23.4 cm³/mol. The van der Waals surface area contributed by atoms with Gasteiger partial charge in [-0.3, -0.25) is 0 Å². The summed E-state index contributed by atoms with van der Waals surface area (Å²) in [5, 5.41) is 0. The van der Waals surface area contributed by atoms with Crippen molar-refractivity contribution in [3.8, 4) is 0 Å². The summed E-state index contributed by atoms with van der Waals surface area (Å²) in [4.78, 5) is 0. The third-order valence-corrected chi connectivity index (χ3v) is 1.07. The highest BCUT2D eigenvalue weighted by Crippen LogP contribution is 2.18. The summed E-state index contributed by atoms with van der Waals surface area (Å²) >= 11 is 0. The highest BCUT2D eigenvalue weighted by molar-refractivity contribution is 4.80. The van der Waals surface area contributed by atoms with Crippen LogP contribution in [0.25, 0.3) is 0 Å². The predicted octanol–water partition coefficient (Wildman–Crippen LogP) is -0.268.